The molecule has 0 amide bonds. The first kappa shape index (κ1) is 8.81. The van der Waals surface area contributed by atoms with Crippen molar-refractivity contribution in [3.63, 3.8) is 0 Å². The van der Waals surface area contributed by atoms with E-state index in [0.717, 1.165) is 41.4 Å². The van der Waals surface area contributed by atoms with Gasteiger partial charge in [-0.1, -0.05) is 25.5 Å². The van der Waals surface area contributed by atoms with E-state index in [-0.39, 0.29) is 0 Å². The van der Waals surface area contributed by atoms with Gasteiger partial charge in [-0.2, -0.15) is 0 Å². The Bertz CT molecular complexity index is 321. The lowest BCUT2D eigenvalue weighted by Crippen LogP contribution is -2.44. The maximum absolute atomic E-state index is 6.44. The summed E-state index contributed by atoms with van der Waals surface area (Å²) >= 11 is 0. The molecule has 82 valence electrons. The topological polar surface area (TPSA) is 26.0 Å². The maximum Gasteiger partial charge on any atom is 0.0101 e. The van der Waals surface area contributed by atoms with Crippen LogP contribution in [0.2, 0.25) is 0 Å². The highest BCUT2D eigenvalue weighted by Gasteiger charge is 2.63. The first-order chi connectivity index (χ1) is 7.31. The van der Waals surface area contributed by atoms with E-state index in [1.807, 2.05) is 0 Å². The molecule has 4 aliphatic rings. The Balaban J connectivity index is 1.73. The molecule has 8 unspecified atom stereocenters. The van der Waals surface area contributed by atoms with Crippen molar-refractivity contribution in [2.75, 3.05) is 0 Å². The minimum Gasteiger partial charge on any atom is -0.327 e. The van der Waals surface area contributed by atoms with E-state index in [1.165, 1.54) is 19.3 Å². The number of hydrogen-bond donors (Lipinski definition) is 1. The van der Waals surface area contributed by atoms with Crippen LogP contribution in [0.3, 0.4) is 0 Å². The molecular weight excluding hydrogens is 182 g/mol. The van der Waals surface area contributed by atoms with Crippen LogP contribution in [0.25, 0.3) is 0 Å². The molecular formula is C14H21N. The molecule has 15 heavy (non-hydrogen) atoms. The van der Waals surface area contributed by atoms with Crippen LogP contribution in [-0.2, 0) is 0 Å². The van der Waals surface area contributed by atoms with Crippen LogP contribution in [0.1, 0.15) is 26.2 Å². The summed E-state index contributed by atoms with van der Waals surface area (Å²) in [5.74, 6) is 6.60. The van der Waals surface area contributed by atoms with Crippen LogP contribution in [0.5, 0.6) is 0 Å². The monoisotopic (exact) mass is 203 g/mol. The van der Waals surface area contributed by atoms with Crippen LogP contribution >= 0.6 is 0 Å². The second kappa shape index (κ2) is 2.68. The third kappa shape index (κ3) is 0.860. The minimum atomic E-state index is 0.536. The molecule has 0 aliphatic heterocycles. The number of fused-ring (bicyclic) bond motifs is 9. The van der Waals surface area contributed by atoms with Crippen LogP contribution in [0, 0.1) is 41.4 Å². The summed E-state index contributed by atoms with van der Waals surface area (Å²) in [6.07, 6.45) is 9.26. The predicted molar refractivity (Wildman–Crippen MR) is 61.1 cm³/mol. The van der Waals surface area contributed by atoms with Gasteiger partial charge in [0.2, 0.25) is 0 Å². The Kier molecular flexibility index (Phi) is 1.58. The van der Waals surface area contributed by atoms with Crippen molar-refractivity contribution in [1.82, 2.24) is 0 Å². The molecule has 0 aromatic heterocycles. The summed E-state index contributed by atoms with van der Waals surface area (Å²) in [6.45, 7) is 2.34. The summed E-state index contributed by atoms with van der Waals surface area (Å²) in [4.78, 5) is 0. The van der Waals surface area contributed by atoms with Gasteiger partial charge in [-0.15, -0.1) is 0 Å². The molecule has 2 N–H and O–H groups in total. The van der Waals surface area contributed by atoms with Crippen molar-refractivity contribution in [2.45, 2.75) is 32.2 Å². The van der Waals surface area contributed by atoms with E-state index in [9.17, 15) is 0 Å². The molecule has 0 heterocycles. The summed E-state index contributed by atoms with van der Waals surface area (Å²) in [7, 11) is 0. The largest absolute Gasteiger partial charge is 0.327 e. The van der Waals surface area contributed by atoms with Crippen molar-refractivity contribution in [2.24, 2.45) is 47.2 Å². The summed E-state index contributed by atoms with van der Waals surface area (Å²) in [5.41, 5.74) is 6.44. The summed E-state index contributed by atoms with van der Waals surface area (Å²) in [6, 6.07) is 0.536. The zero-order valence-corrected chi connectivity index (χ0v) is 9.47. The van der Waals surface area contributed by atoms with Crippen molar-refractivity contribution >= 4 is 0 Å². The number of hydrogen-bond acceptors (Lipinski definition) is 1. The van der Waals surface area contributed by atoms with Crippen LogP contribution < -0.4 is 5.73 Å². The number of nitrogens with two attached hydrogens (primary N) is 1. The van der Waals surface area contributed by atoms with Gasteiger partial charge in [0, 0.05) is 6.04 Å². The summed E-state index contributed by atoms with van der Waals surface area (Å²) in [5, 5.41) is 0. The molecule has 0 aromatic carbocycles. The van der Waals surface area contributed by atoms with Gasteiger partial charge in [0.05, 0.1) is 0 Å². The van der Waals surface area contributed by atoms with E-state index in [1.54, 1.807) is 0 Å². The predicted octanol–water partition coefficient (Wildman–Crippen LogP) is 2.43. The van der Waals surface area contributed by atoms with Crippen LogP contribution in [0.4, 0.5) is 0 Å². The van der Waals surface area contributed by atoms with Crippen molar-refractivity contribution in [1.29, 1.82) is 0 Å². The SMILES string of the molecule is CCC1C(N)C2CC1C1C3C=CC(C3)C21. The minimum absolute atomic E-state index is 0.536. The quantitative estimate of drug-likeness (QED) is 0.514. The van der Waals surface area contributed by atoms with Crippen molar-refractivity contribution in [3.05, 3.63) is 12.2 Å². The lowest BCUT2D eigenvalue weighted by molar-refractivity contribution is 0.125. The van der Waals surface area contributed by atoms with Gasteiger partial charge in [0.1, 0.15) is 0 Å². The molecule has 0 aromatic rings. The van der Waals surface area contributed by atoms with E-state index in [4.69, 9.17) is 5.73 Å². The molecule has 4 aliphatic carbocycles. The van der Waals surface area contributed by atoms with Gasteiger partial charge in [-0.25, -0.2) is 0 Å². The summed E-state index contributed by atoms with van der Waals surface area (Å²) < 4.78 is 0. The van der Waals surface area contributed by atoms with E-state index in [2.05, 4.69) is 19.1 Å². The van der Waals surface area contributed by atoms with Gasteiger partial charge in [-0.05, 0) is 54.3 Å². The third-order valence-corrected chi connectivity index (χ3v) is 6.13. The molecule has 3 fully saturated rings. The number of allylic oxidation sites excluding steroid dienone is 2. The maximum atomic E-state index is 6.44. The van der Waals surface area contributed by atoms with E-state index >= 15 is 0 Å². The number of rotatable bonds is 1. The zero-order valence-electron chi connectivity index (χ0n) is 9.47. The van der Waals surface area contributed by atoms with E-state index in [0.29, 0.717) is 6.04 Å². The average Bonchev–Trinajstić information content (AvgIpc) is 2.94. The second-order valence-electron chi connectivity index (χ2n) is 6.32. The van der Waals surface area contributed by atoms with E-state index < -0.39 is 0 Å². The first-order valence-electron chi connectivity index (χ1n) is 6.75. The average molecular weight is 203 g/mol. The molecule has 4 bridgehead atoms. The fraction of sp³-hybridized carbons (Fsp3) is 0.857. The van der Waals surface area contributed by atoms with Crippen molar-refractivity contribution in [3.8, 4) is 0 Å². The smallest absolute Gasteiger partial charge is 0.0101 e. The van der Waals surface area contributed by atoms with Crippen LogP contribution in [0.15, 0.2) is 12.2 Å². The third-order valence-electron chi connectivity index (χ3n) is 6.13. The lowest BCUT2D eigenvalue weighted by atomic mass is 9.67. The molecule has 1 heteroatoms. The molecule has 3 saturated carbocycles. The Morgan fingerprint density at radius 3 is 2.40 bits per heavy atom. The van der Waals surface area contributed by atoms with Crippen molar-refractivity contribution < 1.29 is 0 Å². The molecule has 1 nitrogen and oxygen atoms in total. The fourth-order valence-corrected chi connectivity index (χ4v) is 5.78. The first-order valence-corrected chi connectivity index (χ1v) is 6.75. The Morgan fingerprint density at radius 2 is 1.73 bits per heavy atom. The molecule has 0 radical (unpaired) electrons. The lowest BCUT2D eigenvalue weighted by Gasteiger charge is -2.40. The highest BCUT2D eigenvalue weighted by Crippen LogP contribution is 2.66. The standard InChI is InChI=1S/C14H21N/c1-2-9-10-6-11(14(9)15)13-8-4-3-7(5-8)12(10)13/h3-4,7-14H,2,5-6,15H2,1H3. The normalized spacial score (nSPS) is 64.1. The van der Waals surface area contributed by atoms with Gasteiger partial charge in [0.25, 0.3) is 0 Å². The van der Waals surface area contributed by atoms with Gasteiger partial charge >= 0.3 is 0 Å². The fourth-order valence-electron chi connectivity index (χ4n) is 5.78. The zero-order chi connectivity index (χ0) is 10.2. The molecule has 4 rings (SSSR count). The second-order valence-corrected chi connectivity index (χ2v) is 6.32. The van der Waals surface area contributed by atoms with Crippen LogP contribution in [-0.4, -0.2) is 6.04 Å². The molecule has 0 saturated heterocycles. The molecule has 8 atom stereocenters. The van der Waals surface area contributed by atoms with Gasteiger partial charge < -0.3 is 5.73 Å². The van der Waals surface area contributed by atoms with Gasteiger partial charge in [0.15, 0.2) is 0 Å². The Hall–Kier alpha value is -0.300. The van der Waals surface area contributed by atoms with Gasteiger partial charge in [-0.3, -0.25) is 0 Å². The highest BCUT2D eigenvalue weighted by molar-refractivity contribution is 5.22. The molecule has 0 spiro atoms. The Labute approximate surface area is 92.1 Å². The highest BCUT2D eigenvalue weighted by atomic mass is 14.8. The Morgan fingerprint density at radius 1 is 1.07 bits per heavy atom.